The number of hydrogen-bond donors (Lipinski definition) is 1. The maximum absolute atomic E-state index is 12.2. The molecule has 170 valence electrons. The normalized spacial score (nSPS) is 10.9. The molecule has 8 heteroatoms. The van der Waals surface area contributed by atoms with E-state index in [1.165, 1.54) is 6.26 Å². The van der Waals surface area contributed by atoms with E-state index in [1.807, 2.05) is 36.4 Å². The zero-order valence-corrected chi connectivity index (χ0v) is 18.7. The molecule has 0 aliphatic heterocycles. The summed E-state index contributed by atoms with van der Waals surface area (Å²) in [4.78, 5) is 18.8. The molecule has 0 fully saturated rings. The molecule has 0 saturated heterocycles. The Bertz CT molecular complexity index is 990. The van der Waals surface area contributed by atoms with Gasteiger partial charge in [-0.25, -0.2) is 4.98 Å². The summed E-state index contributed by atoms with van der Waals surface area (Å²) >= 11 is 0. The highest BCUT2D eigenvalue weighted by Crippen LogP contribution is 2.26. The SMILES string of the molecule is COCCNC(=O)c1coc(CN(Cc2ccccc2)Cc2cc(OC)ccc2OC)n1. The predicted octanol–water partition coefficient (Wildman–Crippen LogP) is 3.27. The molecule has 0 spiro atoms. The van der Waals surface area contributed by atoms with Gasteiger partial charge in [-0.1, -0.05) is 30.3 Å². The van der Waals surface area contributed by atoms with Gasteiger partial charge >= 0.3 is 0 Å². The number of rotatable bonds is 12. The van der Waals surface area contributed by atoms with E-state index in [2.05, 4.69) is 27.3 Å². The number of benzene rings is 2. The molecular formula is C24H29N3O5. The van der Waals surface area contributed by atoms with Crippen LogP contribution in [0.3, 0.4) is 0 Å². The number of methoxy groups -OCH3 is 3. The number of hydrogen-bond acceptors (Lipinski definition) is 7. The van der Waals surface area contributed by atoms with Crippen LogP contribution in [0.5, 0.6) is 11.5 Å². The minimum atomic E-state index is -0.291. The number of carbonyl (C=O) groups excluding carboxylic acids is 1. The monoisotopic (exact) mass is 439 g/mol. The van der Waals surface area contributed by atoms with Crippen LogP contribution in [0, 0.1) is 0 Å². The van der Waals surface area contributed by atoms with Crippen molar-refractivity contribution in [3.8, 4) is 11.5 Å². The number of nitrogens with zero attached hydrogens (tertiary/aromatic N) is 2. The van der Waals surface area contributed by atoms with E-state index in [-0.39, 0.29) is 11.6 Å². The van der Waals surface area contributed by atoms with Gasteiger partial charge in [0.25, 0.3) is 5.91 Å². The van der Waals surface area contributed by atoms with E-state index in [9.17, 15) is 4.79 Å². The average molecular weight is 440 g/mol. The molecule has 1 aromatic heterocycles. The second-order valence-electron chi connectivity index (χ2n) is 7.18. The molecule has 3 aromatic rings. The van der Waals surface area contributed by atoms with Gasteiger partial charge in [0.05, 0.1) is 27.4 Å². The molecule has 1 N–H and O–H groups in total. The van der Waals surface area contributed by atoms with Crippen LogP contribution in [-0.2, 0) is 24.4 Å². The fourth-order valence-electron chi connectivity index (χ4n) is 3.29. The molecule has 1 amide bonds. The maximum Gasteiger partial charge on any atom is 0.273 e. The Morgan fingerprint density at radius 1 is 1.03 bits per heavy atom. The largest absolute Gasteiger partial charge is 0.497 e. The Morgan fingerprint density at radius 3 is 2.56 bits per heavy atom. The second kappa shape index (κ2) is 11.9. The van der Waals surface area contributed by atoms with Crippen molar-refractivity contribution in [2.45, 2.75) is 19.6 Å². The Morgan fingerprint density at radius 2 is 1.84 bits per heavy atom. The van der Waals surface area contributed by atoms with E-state index >= 15 is 0 Å². The molecule has 2 aromatic carbocycles. The molecule has 1 heterocycles. The number of oxazole rings is 1. The zero-order valence-electron chi connectivity index (χ0n) is 18.7. The van der Waals surface area contributed by atoms with Crippen molar-refractivity contribution in [3.63, 3.8) is 0 Å². The Hall–Kier alpha value is -3.36. The van der Waals surface area contributed by atoms with Crippen LogP contribution in [0.25, 0.3) is 0 Å². The molecule has 0 aliphatic rings. The van der Waals surface area contributed by atoms with E-state index < -0.39 is 0 Å². The van der Waals surface area contributed by atoms with Gasteiger partial charge in [-0.05, 0) is 23.8 Å². The number of nitrogens with one attached hydrogen (secondary N) is 1. The second-order valence-corrected chi connectivity index (χ2v) is 7.18. The highest BCUT2D eigenvalue weighted by Gasteiger charge is 2.17. The van der Waals surface area contributed by atoms with Crippen LogP contribution in [-0.4, -0.2) is 50.3 Å². The van der Waals surface area contributed by atoms with Crippen LogP contribution in [0.2, 0.25) is 0 Å². The molecule has 0 saturated carbocycles. The molecule has 0 aliphatic carbocycles. The van der Waals surface area contributed by atoms with E-state index in [0.29, 0.717) is 38.7 Å². The van der Waals surface area contributed by atoms with Gasteiger partial charge < -0.3 is 23.9 Å². The van der Waals surface area contributed by atoms with Gasteiger partial charge in [0, 0.05) is 32.3 Å². The first-order valence-corrected chi connectivity index (χ1v) is 10.3. The van der Waals surface area contributed by atoms with Gasteiger partial charge in [0.15, 0.2) is 5.69 Å². The van der Waals surface area contributed by atoms with Crippen LogP contribution in [0.1, 0.15) is 27.5 Å². The minimum Gasteiger partial charge on any atom is -0.497 e. The zero-order chi connectivity index (χ0) is 22.8. The number of ether oxygens (including phenoxy) is 3. The molecule has 0 atom stereocenters. The first kappa shape index (κ1) is 23.3. The minimum absolute atomic E-state index is 0.245. The lowest BCUT2D eigenvalue weighted by Crippen LogP contribution is -2.27. The van der Waals surface area contributed by atoms with Gasteiger partial charge in [-0.3, -0.25) is 9.69 Å². The molecule has 32 heavy (non-hydrogen) atoms. The summed E-state index contributed by atoms with van der Waals surface area (Å²) < 4.78 is 21.5. The third-order valence-corrected chi connectivity index (χ3v) is 4.87. The number of carbonyl (C=O) groups is 1. The van der Waals surface area contributed by atoms with Crippen molar-refractivity contribution in [2.24, 2.45) is 0 Å². The van der Waals surface area contributed by atoms with Gasteiger partial charge in [-0.15, -0.1) is 0 Å². The van der Waals surface area contributed by atoms with Gasteiger partial charge in [0.2, 0.25) is 5.89 Å². The summed E-state index contributed by atoms with van der Waals surface area (Å²) in [6.45, 7) is 2.50. The smallest absolute Gasteiger partial charge is 0.273 e. The quantitative estimate of drug-likeness (QED) is 0.434. The fourth-order valence-corrected chi connectivity index (χ4v) is 3.29. The van der Waals surface area contributed by atoms with Crippen LogP contribution >= 0.6 is 0 Å². The van der Waals surface area contributed by atoms with Crippen LogP contribution in [0.15, 0.2) is 59.2 Å². The Kier molecular flexibility index (Phi) is 8.65. The summed E-state index contributed by atoms with van der Waals surface area (Å²) in [6, 6.07) is 15.9. The van der Waals surface area contributed by atoms with E-state index in [1.54, 1.807) is 21.3 Å². The van der Waals surface area contributed by atoms with E-state index in [0.717, 1.165) is 22.6 Å². The van der Waals surface area contributed by atoms with Gasteiger partial charge in [-0.2, -0.15) is 0 Å². The third-order valence-electron chi connectivity index (χ3n) is 4.87. The molecule has 8 nitrogen and oxygen atoms in total. The van der Waals surface area contributed by atoms with Crippen molar-refractivity contribution >= 4 is 5.91 Å². The highest BCUT2D eigenvalue weighted by molar-refractivity contribution is 5.91. The highest BCUT2D eigenvalue weighted by atomic mass is 16.5. The first-order chi connectivity index (χ1) is 15.6. The lowest BCUT2D eigenvalue weighted by atomic mass is 10.1. The molecule has 3 rings (SSSR count). The van der Waals surface area contributed by atoms with Crippen molar-refractivity contribution < 1.29 is 23.4 Å². The van der Waals surface area contributed by atoms with Crippen molar-refractivity contribution in [1.82, 2.24) is 15.2 Å². The summed E-state index contributed by atoms with van der Waals surface area (Å²) in [7, 11) is 4.87. The van der Waals surface area contributed by atoms with Gasteiger partial charge in [0.1, 0.15) is 17.8 Å². The van der Waals surface area contributed by atoms with Crippen molar-refractivity contribution in [1.29, 1.82) is 0 Å². The number of amides is 1. The third kappa shape index (κ3) is 6.57. The fraction of sp³-hybridized carbons (Fsp3) is 0.333. The summed E-state index contributed by atoms with van der Waals surface area (Å²) in [5.74, 6) is 1.70. The standard InChI is InChI=1S/C24H29N3O5/c1-29-12-11-25-24(28)21-17-32-23(26-21)16-27(14-18-7-5-4-6-8-18)15-19-13-20(30-2)9-10-22(19)31-3/h4-10,13,17H,11-12,14-16H2,1-3H3,(H,25,28). The predicted molar refractivity (Wildman–Crippen MR) is 120 cm³/mol. The lowest BCUT2D eigenvalue weighted by molar-refractivity contribution is 0.0932. The summed E-state index contributed by atoms with van der Waals surface area (Å²) in [5, 5.41) is 2.74. The molecule has 0 bridgehead atoms. The Labute approximate surface area is 188 Å². The Balaban J connectivity index is 1.78. The number of aromatic nitrogens is 1. The van der Waals surface area contributed by atoms with Crippen LogP contribution in [0.4, 0.5) is 0 Å². The molecule has 0 radical (unpaired) electrons. The van der Waals surface area contributed by atoms with Crippen molar-refractivity contribution in [2.75, 3.05) is 34.5 Å². The topological polar surface area (TPSA) is 86.1 Å². The lowest BCUT2D eigenvalue weighted by Gasteiger charge is -2.22. The van der Waals surface area contributed by atoms with Crippen molar-refractivity contribution in [3.05, 3.63) is 77.5 Å². The maximum atomic E-state index is 12.2. The molecule has 0 unspecified atom stereocenters. The molecular weight excluding hydrogens is 410 g/mol. The van der Waals surface area contributed by atoms with E-state index in [4.69, 9.17) is 18.6 Å². The summed E-state index contributed by atoms with van der Waals surface area (Å²) in [5.41, 5.74) is 2.38. The first-order valence-electron chi connectivity index (χ1n) is 10.3. The van der Waals surface area contributed by atoms with Crippen LogP contribution < -0.4 is 14.8 Å². The average Bonchev–Trinajstić information content (AvgIpc) is 3.28. The summed E-state index contributed by atoms with van der Waals surface area (Å²) in [6.07, 6.45) is 1.38.